The Hall–Kier alpha value is -3.87. The van der Waals surface area contributed by atoms with Crippen molar-refractivity contribution in [2.75, 3.05) is 0 Å². The van der Waals surface area contributed by atoms with Gasteiger partial charge in [0.05, 0.1) is 22.2 Å². The Morgan fingerprint density at radius 3 is 2.66 bits per heavy atom. The third-order valence-corrected chi connectivity index (χ3v) is 5.02. The van der Waals surface area contributed by atoms with Crippen molar-refractivity contribution >= 4 is 22.2 Å². The van der Waals surface area contributed by atoms with Gasteiger partial charge in [0.15, 0.2) is 5.65 Å². The summed E-state index contributed by atoms with van der Waals surface area (Å²) >= 11 is 0. The van der Waals surface area contributed by atoms with E-state index in [2.05, 4.69) is 15.0 Å². The van der Waals surface area contributed by atoms with Crippen LogP contribution < -0.4 is 10.4 Å². The first-order valence-corrected chi connectivity index (χ1v) is 9.45. The van der Waals surface area contributed by atoms with Crippen LogP contribution in [0.15, 0.2) is 65.6 Å². The second-order valence-electron chi connectivity index (χ2n) is 6.82. The molecule has 5 rings (SSSR count). The number of nitrogens with one attached hydrogen (secondary N) is 1. The highest BCUT2D eigenvalue weighted by atomic mass is 16.5. The van der Waals surface area contributed by atoms with E-state index in [-0.39, 0.29) is 5.69 Å². The summed E-state index contributed by atoms with van der Waals surface area (Å²) in [7, 11) is 0. The van der Waals surface area contributed by atoms with Gasteiger partial charge in [-0.25, -0.2) is 14.3 Å². The maximum atomic E-state index is 12.9. The van der Waals surface area contributed by atoms with Crippen molar-refractivity contribution in [3.63, 3.8) is 0 Å². The molecule has 5 aromatic rings. The molecule has 0 aliphatic heterocycles. The normalized spacial score (nSPS) is 11.4. The smallest absolute Gasteiger partial charge is 0.334 e. The summed E-state index contributed by atoms with van der Waals surface area (Å²) in [4.78, 5) is 24.9. The third-order valence-electron chi connectivity index (χ3n) is 5.02. The first kappa shape index (κ1) is 17.2. The molecule has 7 nitrogen and oxygen atoms in total. The van der Waals surface area contributed by atoms with Crippen LogP contribution in [0.3, 0.4) is 0 Å². The molecule has 1 N–H and O–H groups in total. The lowest BCUT2D eigenvalue weighted by Gasteiger charge is -2.05. The first-order chi connectivity index (χ1) is 14.2. The molecule has 0 spiro atoms. The SMILES string of the molecule is CCn1c(=O)n(-c2ccc(Oc3nc4cccc(C)c4[nH]3)cc2)c2ncccc21. The van der Waals surface area contributed by atoms with Crippen LogP contribution >= 0.6 is 0 Å². The number of fused-ring (bicyclic) bond motifs is 2. The van der Waals surface area contributed by atoms with Crippen LogP contribution in [0, 0.1) is 6.92 Å². The van der Waals surface area contributed by atoms with Crippen molar-refractivity contribution < 1.29 is 4.74 Å². The fourth-order valence-corrected chi connectivity index (χ4v) is 3.60. The molecule has 7 heteroatoms. The monoisotopic (exact) mass is 385 g/mol. The van der Waals surface area contributed by atoms with Gasteiger partial charge in [-0.2, -0.15) is 4.98 Å². The molecule has 0 saturated carbocycles. The minimum atomic E-state index is -0.109. The Morgan fingerprint density at radius 2 is 1.90 bits per heavy atom. The number of ether oxygens (including phenoxy) is 1. The zero-order chi connectivity index (χ0) is 20.0. The summed E-state index contributed by atoms with van der Waals surface area (Å²) in [6.45, 7) is 4.56. The summed E-state index contributed by atoms with van der Waals surface area (Å²) in [6.07, 6.45) is 1.69. The van der Waals surface area contributed by atoms with Gasteiger partial charge < -0.3 is 9.72 Å². The predicted octanol–water partition coefficient (Wildman–Crippen LogP) is 4.18. The predicted molar refractivity (Wildman–Crippen MR) is 112 cm³/mol. The number of aryl methyl sites for hydroxylation is 2. The maximum Gasteiger partial charge on any atom is 0.334 e. The largest absolute Gasteiger partial charge is 0.426 e. The van der Waals surface area contributed by atoms with Crippen molar-refractivity contribution in [2.45, 2.75) is 20.4 Å². The molecular formula is C22H19N5O2. The first-order valence-electron chi connectivity index (χ1n) is 9.45. The second kappa shape index (κ2) is 6.63. The second-order valence-corrected chi connectivity index (χ2v) is 6.82. The number of imidazole rings is 2. The van der Waals surface area contributed by atoms with Gasteiger partial charge in [0.25, 0.3) is 6.01 Å². The van der Waals surface area contributed by atoms with Crippen LogP contribution in [0.4, 0.5) is 0 Å². The molecule has 0 aliphatic carbocycles. The van der Waals surface area contributed by atoms with Crippen molar-refractivity contribution in [1.29, 1.82) is 0 Å². The topological polar surface area (TPSA) is 77.7 Å². The quantitative estimate of drug-likeness (QED) is 0.503. The Labute approximate surface area is 166 Å². The molecule has 29 heavy (non-hydrogen) atoms. The number of rotatable bonds is 4. The lowest BCUT2D eigenvalue weighted by atomic mass is 10.2. The van der Waals surface area contributed by atoms with E-state index in [0.29, 0.717) is 24.0 Å². The Balaban J connectivity index is 1.51. The molecule has 0 amide bonds. The fourth-order valence-electron chi connectivity index (χ4n) is 3.60. The fraction of sp³-hybridized carbons (Fsp3) is 0.136. The maximum absolute atomic E-state index is 12.9. The van der Waals surface area contributed by atoms with Crippen molar-refractivity contribution in [3.8, 4) is 17.4 Å². The molecule has 0 unspecified atom stereocenters. The lowest BCUT2D eigenvalue weighted by Crippen LogP contribution is -2.22. The summed E-state index contributed by atoms with van der Waals surface area (Å²) in [5.74, 6) is 0.630. The van der Waals surface area contributed by atoms with Crippen LogP contribution in [0.25, 0.3) is 27.9 Å². The highest BCUT2D eigenvalue weighted by molar-refractivity contribution is 5.79. The number of hydrogen-bond acceptors (Lipinski definition) is 4. The van der Waals surface area contributed by atoms with Gasteiger partial charge >= 0.3 is 5.69 Å². The van der Waals surface area contributed by atoms with Gasteiger partial charge in [-0.05, 0) is 61.9 Å². The van der Waals surface area contributed by atoms with Gasteiger partial charge in [0.2, 0.25) is 0 Å². The van der Waals surface area contributed by atoms with E-state index in [9.17, 15) is 4.79 Å². The molecule has 0 atom stereocenters. The average Bonchev–Trinajstić information content (AvgIpc) is 3.27. The van der Waals surface area contributed by atoms with Crippen LogP contribution in [-0.2, 0) is 6.54 Å². The summed E-state index contributed by atoms with van der Waals surface area (Å²) in [6, 6.07) is 17.4. The zero-order valence-electron chi connectivity index (χ0n) is 16.1. The Morgan fingerprint density at radius 1 is 1.07 bits per heavy atom. The molecule has 3 heterocycles. The number of pyridine rings is 1. The van der Waals surface area contributed by atoms with Crippen LogP contribution in [0.1, 0.15) is 12.5 Å². The Kier molecular flexibility index (Phi) is 3.94. The zero-order valence-corrected chi connectivity index (χ0v) is 16.1. The number of benzene rings is 2. The van der Waals surface area contributed by atoms with E-state index >= 15 is 0 Å². The summed E-state index contributed by atoms with van der Waals surface area (Å²) in [5.41, 5.74) is 5.02. The molecule has 0 fully saturated rings. The van der Waals surface area contributed by atoms with Gasteiger partial charge in [-0.1, -0.05) is 12.1 Å². The van der Waals surface area contributed by atoms with Gasteiger partial charge in [0, 0.05) is 12.7 Å². The number of aromatic amines is 1. The highest BCUT2D eigenvalue weighted by Crippen LogP contribution is 2.25. The van der Waals surface area contributed by atoms with E-state index in [1.807, 2.05) is 68.4 Å². The van der Waals surface area contributed by atoms with Gasteiger partial charge in [-0.15, -0.1) is 0 Å². The van der Waals surface area contributed by atoms with Gasteiger partial charge in [0.1, 0.15) is 5.75 Å². The third kappa shape index (κ3) is 2.79. The standard InChI is InChI=1S/C22H19N5O2/c1-3-26-18-8-5-13-23-20(18)27(22(26)28)15-9-11-16(12-10-15)29-21-24-17-7-4-6-14(2)19(17)25-21/h4-13H,3H2,1-2H3,(H,24,25). The number of nitrogens with zero attached hydrogens (tertiary/aromatic N) is 4. The Bertz CT molecular complexity index is 1390. The van der Waals surface area contributed by atoms with Crippen LogP contribution in [-0.4, -0.2) is 24.1 Å². The van der Waals surface area contributed by atoms with Crippen molar-refractivity contribution in [3.05, 3.63) is 76.8 Å². The van der Waals surface area contributed by atoms with E-state index in [1.54, 1.807) is 15.3 Å². The molecule has 0 radical (unpaired) electrons. The average molecular weight is 385 g/mol. The molecule has 0 aliphatic rings. The summed E-state index contributed by atoms with van der Waals surface area (Å²) < 4.78 is 9.21. The molecule has 2 aromatic carbocycles. The number of H-pyrrole nitrogens is 1. The molecule has 0 bridgehead atoms. The van der Waals surface area contributed by atoms with Crippen LogP contribution in [0.5, 0.6) is 11.8 Å². The van der Waals surface area contributed by atoms with E-state index in [1.165, 1.54) is 0 Å². The van der Waals surface area contributed by atoms with Crippen molar-refractivity contribution in [1.82, 2.24) is 24.1 Å². The minimum absolute atomic E-state index is 0.109. The van der Waals surface area contributed by atoms with Crippen molar-refractivity contribution in [2.24, 2.45) is 0 Å². The van der Waals surface area contributed by atoms with Crippen LogP contribution in [0.2, 0.25) is 0 Å². The molecular weight excluding hydrogens is 366 g/mol. The molecule has 0 saturated heterocycles. The molecule has 3 aromatic heterocycles. The van der Waals surface area contributed by atoms with E-state index in [0.717, 1.165) is 27.8 Å². The van der Waals surface area contributed by atoms with E-state index < -0.39 is 0 Å². The summed E-state index contributed by atoms with van der Waals surface area (Å²) in [5, 5.41) is 0. The lowest BCUT2D eigenvalue weighted by molar-refractivity contribution is 0.449. The number of para-hydroxylation sites is 1. The van der Waals surface area contributed by atoms with Gasteiger partial charge in [-0.3, -0.25) is 4.57 Å². The minimum Gasteiger partial charge on any atom is -0.426 e. The number of hydrogen-bond donors (Lipinski definition) is 1. The number of aromatic nitrogens is 5. The van der Waals surface area contributed by atoms with E-state index in [4.69, 9.17) is 4.74 Å². The highest BCUT2D eigenvalue weighted by Gasteiger charge is 2.14. The molecule has 144 valence electrons.